The predicted molar refractivity (Wildman–Crippen MR) is 114 cm³/mol. The van der Waals surface area contributed by atoms with Gasteiger partial charge in [0.1, 0.15) is 12.4 Å². The van der Waals surface area contributed by atoms with Crippen molar-refractivity contribution in [2.45, 2.75) is 13.0 Å². The van der Waals surface area contributed by atoms with E-state index >= 15 is 0 Å². The van der Waals surface area contributed by atoms with Crippen molar-refractivity contribution in [3.63, 3.8) is 0 Å². The Kier molecular flexibility index (Phi) is 6.95. The summed E-state index contributed by atoms with van der Waals surface area (Å²) < 4.78 is 10.5. The Bertz CT molecular complexity index is 1100. The Morgan fingerprint density at radius 2 is 1.71 bits per heavy atom. The molecular weight excluding hydrogens is 400 g/mol. The Labute approximate surface area is 178 Å². The monoisotopic (exact) mass is 420 g/mol. The van der Waals surface area contributed by atoms with Crippen molar-refractivity contribution in [2.75, 3.05) is 12.4 Å². The normalized spacial score (nSPS) is 10.2. The lowest BCUT2D eigenvalue weighted by Crippen LogP contribution is -2.17. The molecule has 1 amide bonds. The van der Waals surface area contributed by atoms with E-state index in [9.17, 15) is 19.7 Å². The highest BCUT2D eigenvalue weighted by atomic mass is 16.6. The Balaban J connectivity index is 1.71. The van der Waals surface area contributed by atoms with Crippen LogP contribution in [0.4, 0.5) is 11.4 Å². The number of esters is 1. The van der Waals surface area contributed by atoms with E-state index in [1.807, 2.05) is 30.3 Å². The van der Waals surface area contributed by atoms with Gasteiger partial charge in [-0.25, -0.2) is 4.79 Å². The predicted octanol–water partition coefficient (Wildman–Crippen LogP) is 4.14. The Hall–Kier alpha value is -4.20. The van der Waals surface area contributed by atoms with E-state index < -0.39 is 10.9 Å². The average molecular weight is 420 g/mol. The first kappa shape index (κ1) is 21.5. The van der Waals surface area contributed by atoms with E-state index in [1.54, 1.807) is 18.2 Å². The summed E-state index contributed by atoms with van der Waals surface area (Å²) in [5.41, 5.74) is 1.56. The molecule has 0 bridgehead atoms. The van der Waals surface area contributed by atoms with Crippen LogP contribution in [0.25, 0.3) is 0 Å². The fraction of sp³-hybridized carbons (Fsp3) is 0.130. The summed E-state index contributed by atoms with van der Waals surface area (Å²) in [7, 11) is 1.42. The number of anilines is 1. The molecule has 0 atom stereocenters. The molecule has 0 fully saturated rings. The van der Waals surface area contributed by atoms with Gasteiger partial charge in [-0.2, -0.15) is 0 Å². The van der Waals surface area contributed by atoms with Crippen molar-refractivity contribution in [1.29, 1.82) is 0 Å². The molecule has 0 radical (unpaired) electrons. The van der Waals surface area contributed by atoms with Gasteiger partial charge >= 0.3 is 5.97 Å². The number of nitrogens with one attached hydrogen (secondary N) is 1. The third-order valence-electron chi connectivity index (χ3n) is 4.46. The highest BCUT2D eigenvalue weighted by Gasteiger charge is 2.17. The van der Waals surface area contributed by atoms with Gasteiger partial charge in [0.2, 0.25) is 5.91 Å². The van der Waals surface area contributed by atoms with E-state index in [0.717, 1.165) is 5.56 Å². The van der Waals surface area contributed by atoms with Crippen LogP contribution in [0.2, 0.25) is 0 Å². The first-order valence-electron chi connectivity index (χ1n) is 9.39. The molecule has 0 aliphatic heterocycles. The van der Waals surface area contributed by atoms with Gasteiger partial charge in [-0.05, 0) is 23.8 Å². The molecule has 8 heteroatoms. The molecular formula is C23H20N2O6. The third kappa shape index (κ3) is 5.66. The van der Waals surface area contributed by atoms with Crippen LogP contribution in [0.3, 0.4) is 0 Å². The number of ether oxygens (including phenoxy) is 2. The molecule has 0 aromatic heterocycles. The number of amides is 1. The number of methoxy groups -OCH3 is 1. The van der Waals surface area contributed by atoms with E-state index in [4.69, 9.17) is 9.47 Å². The zero-order chi connectivity index (χ0) is 22.2. The minimum Gasteiger partial charge on any atom is -0.496 e. The highest BCUT2D eigenvalue weighted by molar-refractivity contribution is 6.01. The lowest BCUT2D eigenvalue weighted by atomic mass is 10.1. The maximum atomic E-state index is 12.6. The van der Waals surface area contributed by atoms with Gasteiger partial charge in [-0.3, -0.25) is 14.9 Å². The lowest BCUT2D eigenvalue weighted by Gasteiger charge is -2.12. The van der Waals surface area contributed by atoms with Crippen LogP contribution in [0.1, 0.15) is 21.5 Å². The van der Waals surface area contributed by atoms with Crippen LogP contribution in [-0.4, -0.2) is 23.9 Å². The molecule has 1 N–H and O–H groups in total. The molecule has 8 nitrogen and oxygen atoms in total. The standard InChI is InChI=1S/C23H20N2O6/c1-30-21-12-11-18(25(28)29)14-17(21)15-31-23(27)19-9-5-6-10-20(19)24-22(26)13-16-7-3-2-4-8-16/h2-12,14H,13,15H2,1H3,(H,24,26). The minimum atomic E-state index is -0.677. The fourth-order valence-electron chi connectivity index (χ4n) is 2.96. The molecule has 3 rings (SSSR count). The number of nitro groups is 1. The second kappa shape index (κ2) is 10.0. The molecule has 0 spiro atoms. The highest BCUT2D eigenvalue weighted by Crippen LogP contribution is 2.25. The molecule has 31 heavy (non-hydrogen) atoms. The maximum Gasteiger partial charge on any atom is 0.340 e. The number of hydrogen-bond acceptors (Lipinski definition) is 6. The molecule has 3 aromatic carbocycles. The second-order valence-electron chi connectivity index (χ2n) is 6.59. The summed E-state index contributed by atoms with van der Waals surface area (Å²) in [6.45, 7) is -0.226. The molecule has 158 valence electrons. The maximum absolute atomic E-state index is 12.6. The van der Waals surface area contributed by atoms with Gasteiger partial charge in [0.15, 0.2) is 0 Å². The quantitative estimate of drug-likeness (QED) is 0.333. The van der Waals surface area contributed by atoms with Gasteiger partial charge in [-0.15, -0.1) is 0 Å². The molecule has 0 saturated heterocycles. The van der Waals surface area contributed by atoms with E-state index in [1.165, 1.54) is 31.4 Å². The first-order valence-corrected chi connectivity index (χ1v) is 9.39. The summed E-state index contributed by atoms with van der Waals surface area (Å²) in [6, 6.07) is 19.8. The van der Waals surface area contributed by atoms with Crippen molar-refractivity contribution in [3.05, 3.63) is 99.6 Å². The van der Waals surface area contributed by atoms with Crippen LogP contribution < -0.4 is 10.1 Å². The number of non-ortho nitro benzene ring substituents is 1. The van der Waals surface area contributed by atoms with E-state index in [-0.39, 0.29) is 30.2 Å². The topological polar surface area (TPSA) is 108 Å². The largest absolute Gasteiger partial charge is 0.496 e. The number of carbonyl (C=O) groups excluding carboxylic acids is 2. The van der Waals surface area contributed by atoms with Crippen LogP contribution >= 0.6 is 0 Å². The number of benzene rings is 3. The zero-order valence-corrected chi connectivity index (χ0v) is 16.7. The zero-order valence-electron chi connectivity index (χ0n) is 16.7. The van der Waals surface area contributed by atoms with Crippen molar-refractivity contribution in [3.8, 4) is 5.75 Å². The summed E-state index contributed by atoms with van der Waals surface area (Å²) in [6.07, 6.45) is 0.162. The second-order valence-corrected chi connectivity index (χ2v) is 6.59. The molecule has 0 heterocycles. The van der Waals surface area contributed by atoms with Gasteiger partial charge in [0.25, 0.3) is 5.69 Å². The van der Waals surface area contributed by atoms with Crippen molar-refractivity contribution in [2.24, 2.45) is 0 Å². The van der Waals surface area contributed by atoms with Gasteiger partial charge in [0.05, 0.1) is 29.7 Å². The van der Waals surface area contributed by atoms with Crippen molar-refractivity contribution < 1.29 is 24.0 Å². The molecule has 0 saturated carbocycles. The van der Waals surface area contributed by atoms with E-state index in [2.05, 4.69) is 5.32 Å². The molecule has 0 aliphatic carbocycles. The van der Waals surface area contributed by atoms with Crippen molar-refractivity contribution >= 4 is 23.3 Å². The summed E-state index contributed by atoms with van der Waals surface area (Å²) in [4.78, 5) is 35.5. The summed E-state index contributed by atoms with van der Waals surface area (Å²) in [5.74, 6) is -0.584. The van der Waals surface area contributed by atoms with Crippen LogP contribution in [0.5, 0.6) is 5.75 Å². The molecule has 3 aromatic rings. The van der Waals surface area contributed by atoms with E-state index in [0.29, 0.717) is 17.0 Å². The number of hydrogen-bond donors (Lipinski definition) is 1. The third-order valence-corrected chi connectivity index (χ3v) is 4.46. The van der Waals surface area contributed by atoms with Crippen LogP contribution in [-0.2, 0) is 22.6 Å². The van der Waals surface area contributed by atoms with Crippen LogP contribution in [0.15, 0.2) is 72.8 Å². The first-order chi connectivity index (χ1) is 15.0. The van der Waals surface area contributed by atoms with Crippen molar-refractivity contribution in [1.82, 2.24) is 0 Å². The molecule has 0 aliphatic rings. The Morgan fingerprint density at radius 1 is 1.00 bits per heavy atom. The number of carbonyl (C=O) groups is 2. The Morgan fingerprint density at radius 3 is 2.42 bits per heavy atom. The van der Waals surface area contributed by atoms with Crippen LogP contribution in [0, 0.1) is 10.1 Å². The SMILES string of the molecule is COc1ccc([N+](=O)[O-])cc1COC(=O)c1ccccc1NC(=O)Cc1ccccc1. The summed E-state index contributed by atoms with van der Waals surface area (Å²) in [5, 5.41) is 13.7. The van der Waals surface area contributed by atoms with Gasteiger partial charge < -0.3 is 14.8 Å². The van der Waals surface area contributed by atoms with Gasteiger partial charge in [0, 0.05) is 17.7 Å². The number of nitro benzene ring substituents is 1. The fourth-order valence-corrected chi connectivity index (χ4v) is 2.96. The smallest absolute Gasteiger partial charge is 0.340 e. The molecule has 0 unspecified atom stereocenters. The van der Waals surface area contributed by atoms with Gasteiger partial charge in [-0.1, -0.05) is 42.5 Å². The average Bonchev–Trinajstić information content (AvgIpc) is 2.78. The number of para-hydroxylation sites is 1. The summed E-state index contributed by atoms with van der Waals surface area (Å²) >= 11 is 0. The lowest BCUT2D eigenvalue weighted by molar-refractivity contribution is -0.385. The number of nitrogens with zero attached hydrogens (tertiary/aromatic N) is 1. The minimum absolute atomic E-state index is 0.138. The number of rotatable bonds is 8.